The summed E-state index contributed by atoms with van der Waals surface area (Å²) in [6.07, 6.45) is 2.53. The molecule has 6 nitrogen and oxygen atoms in total. The van der Waals surface area contributed by atoms with E-state index in [9.17, 15) is 10.2 Å². The number of rotatable bonds is 7. The summed E-state index contributed by atoms with van der Waals surface area (Å²) in [5.41, 5.74) is 1.09. The molecule has 5 rings (SSSR count). The molecule has 0 radical (unpaired) electrons. The van der Waals surface area contributed by atoms with Crippen LogP contribution in [0.25, 0.3) is 21.7 Å². The molecule has 1 saturated heterocycles. The molecule has 0 saturated carbocycles. The first-order chi connectivity index (χ1) is 16.0. The standard InChI is InChI=1S/C27H30N2O4/c1-32-23-8-6-19-5-7-21(15-20(19)16-23)27(31)10-13-29(14-11-27)17-22(30)18-33-26-4-2-3-25-24(26)9-12-28-25/h2-9,12,15-16,22,28,30-31H,10-11,13-14,17-18H2,1H3/t22-/m0/s1. The number of H-pyrrole nitrogens is 1. The molecule has 2 heterocycles. The first-order valence-electron chi connectivity index (χ1n) is 11.4. The molecular formula is C27H30N2O4. The van der Waals surface area contributed by atoms with Crippen molar-refractivity contribution in [2.24, 2.45) is 0 Å². The third kappa shape index (κ3) is 4.55. The topological polar surface area (TPSA) is 78.0 Å². The Morgan fingerprint density at radius 3 is 2.67 bits per heavy atom. The van der Waals surface area contributed by atoms with E-state index in [-0.39, 0.29) is 6.61 Å². The highest BCUT2D eigenvalue weighted by molar-refractivity contribution is 5.86. The molecule has 4 aromatic rings. The maximum absolute atomic E-state index is 11.4. The molecule has 0 aliphatic carbocycles. The smallest absolute Gasteiger partial charge is 0.128 e. The lowest BCUT2D eigenvalue weighted by molar-refractivity contribution is -0.0371. The van der Waals surface area contributed by atoms with E-state index in [2.05, 4.69) is 22.0 Å². The lowest BCUT2D eigenvalue weighted by Gasteiger charge is -2.39. The van der Waals surface area contributed by atoms with Crippen LogP contribution in [0, 0.1) is 0 Å². The number of aliphatic hydroxyl groups is 2. The fourth-order valence-electron chi connectivity index (χ4n) is 4.75. The molecule has 6 heteroatoms. The number of piperidine rings is 1. The summed E-state index contributed by atoms with van der Waals surface area (Å²) in [5.74, 6) is 1.58. The summed E-state index contributed by atoms with van der Waals surface area (Å²) in [5, 5.41) is 25.1. The number of β-amino-alcohol motifs (C(OH)–C–C–N with tert-alkyl or cyclic N) is 1. The zero-order chi connectivity index (χ0) is 22.8. The molecular weight excluding hydrogens is 416 g/mol. The van der Waals surface area contributed by atoms with Crippen molar-refractivity contribution in [2.45, 2.75) is 24.5 Å². The Bertz CT molecular complexity index is 1240. The van der Waals surface area contributed by atoms with Gasteiger partial charge in [0, 0.05) is 36.7 Å². The number of benzene rings is 3. The van der Waals surface area contributed by atoms with Gasteiger partial charge in [0.15, 0.2) is 0 Å². The molecule has 1 aliphatic rings. The molecule has 3 aromatic carbocycles. The van der Waals surface area contributed by atoms with Crippen molar-refractivity contribution in [3.8, 4) is 11.5 Å². The van der Waals surface area contributed by atoms with Crippen molar-refractivity contribution in [3.05, 3.63) is 72.4 Å². The summed E-state index contributed by atoms with van der Waals surface area (Å²) in [7, 11) is 1.66. The third-order valence-electron chi connectivity index (χ3n) is 6.72. The average molecular weight is 447 g/mol. The van der Waals surface area contributed by atoms with E-state index < -0.39 is 11.7 Å². The van der Waals surface area contributed by atoms with E-state index in [1.807, 2.05) is 54.7 Å². The molecule has 1 aromatic heterocycles. The van der Waals surface area contributed by atoms with Gasteiger partial charge in [-0.3, -0.25) is 0 Å². The molecule has 172 valence electrons. The van der Waals surface area contributed by atoms with Crippen LogP contribution in [0.2, 0.25) is 0 Å². The van der Waals surface area contributed by atoms with Gasteiger partial charge in [-0.2, -0.15) is 0 Å². The van der Waals surface area contributed by atoms with E-state index in [4.69, 9.17) is 9.47 Å². The number of likely N-dealkylation sites (tertiary alicyclic amines) is 1. The molecule has 1 aliphatic heterocycles. The Morgan fingerprint density at radius 2 is 1.85 bits per heavy atom. The lowest BCUT2D eigenvalue weighted by atomic mass is 9.83. The monoisotopic (exact) mass is 446 g/mol. The van der Waals surface area contributed by atoms with Crippen LogP contribution in [0.5, 0.6) is 11.5 Å². The number of ether oxygens (including phenoxy) is 2. The quantitative estimate of drug-likeness (QED) is 0.399. The minimum Gasteiger partial charge on any atom is -0.497 e. The molecule has 0 unspecified atom stereocenters. The highest BCUT2D eigenvalue weighted by Gasteiger charge is 2.34. The Morgan fingerprint density at radius 1 is 1.03 bits per heavy atom. The van der Waals surface area contributed by atoms with Crippen molar-refractivity contribution in [1.29, 1.82) is 0 Å². The van der Waals surface area contributed by atoms with Crippen molar-refractivity contribution in [1.82, 2.24) is 9.88 Å². The van der Waals surface area contributed by atoms with Gasteiger partial charge in [-0.1, -0.05) is 24.3 Å². The highest BCUT2D eigenvalue weighted by atomic mass is 16.5. The Labute approximate surface area is 193 Å². The number of hydrogen-bond acceptors (Lipinski definition) is 5. The predicted molar refractivity (Wildman–Crippen MR) is 130 cm³/mol. The van der Waals surface area contributed by atoms with Crippen LogP contribution < -0.4 is 9.47 Å². The molecule has 3 N–H and O–H groups in total. The second-order valence-corrected chi connectivity index (χ2v) is 8.92. The Kier molecular flexibility index (Phi) is 5.98. The fraction of sp³-hybridized carbons (Fsp3) is 0.333. The summed E-state index contributed by atoms with van der Waals surface area (Å²) < 4.78 is 11.2. The van der Waals surface area contributed by atoms with Crippen LogP contribution in [0.1, 0.15) is 18.4 Å². The number of hydrogen-bond donors (Lipinski definition) is 3. The number of aromatic nitrogens is 1. The van der Waals surface area contributed by atoms with E-state index in [1.165, 1.54) is 0 Å². The van der Waals surface area contributed by atoms with Gasteiger partial charge in [-0.25, -0.2) is 0 Å². The molecule has 33 heavy (non-hydrogen) atoms. The van der Waals surface area contributed by atoms with Crippen molar-refractivity contribution in [3.63, 3.8) is 0 Å². The third-order valence-corrected chi connectivity index (χ3v) is 6.72. The van der Waals surface area contributed by atoms with Gasteiger partial charge in [0.25, 0.3) is 0 Å². The molecule has 0 spiro atoms. The number of methoxy groups -OCH3 is 1. The zero-order valence-electron chi connectivity index (χ0n) is 18.8. The van der Waals surface area contributed by atoms with Gasteiger partial charge in [-0.15, -0.1) is 0 Å². The van der Waals surface area contributed by atoms with Gasteiger partial charge in [0.05, 0.1) is 12.7 Å². The number of nitrogens with one attached hydrogen (secondary N) is 1. The van der Waals surface area contributed by atoms with E-state index in [0.717, 1.165) is 51.8 Å². The minimum atomic E-state index is -0.862. The van der Waals surface area contributed by atoms with Gasteiger partial charge in [0.2, 0.25) is 0 Å². The van der Waals surface area contributed by atoms with Crippen molar-refractivity contribution >= 4 is 21.7 Å². The second kappa shape index (κ2) is 9.06. The van der Waals surface area contributed by atoms with Gasteiger partial charge < -0.3 is 29.6 Å². The number of nitrogens with zero attached hydrogens (tertiary/aromatic N) is 1. The zero-order valence-corrected chi connectivity index (χ0v) is 18.8. The van der Waals surface area contributed by atoms with Crippen molar-refractivity contribution in [2.75, 3.05) is 33.4 Å². The van der Waals surface area contributed by atoms with Crippen LogP contribution in [0.3, 0.4) is 0 Å². The molecule has 0 amide bonds. The number of fused-ring (bicyclic) bond motifs is 2. The summed E-state index contributed by atoms with van der Waals surface area (Å²) in [6.45, 7) is 2.19. The van der Waals surface area contributed by atoms with Crippen LogP contribution >= 0.6 is 0 Å². The van der Waals surface area contributed by atoms with Crippen molar-refractivity contribution < 1.29 is 19.7 Å². The van der Waals surface area contributed by atoms with E-state index in [0.29, 0.717) is 19.4 Å². The van der Waals surface area contributed by atoms with Crippen LogP contribution in [-0.2, 0) is 5.60 Å². The normalized spacial score (nSPS) is 17.3. The average Bonchev–Trinajstić information content (AvgIpc) is 3.33. The first kappa shape index (κ1) is 21.8. The second-order valence-electron chi connectivity index (χ2n) is 8.92. The van der Waals surface area contributed by atoms with Gasteiger partial charge in [0.1, 0.15) is 24.2 Å². The van der Waals surface area contributed by atoms with Crippen LogP contribution in [0.4, 0.5) is 0 Å². The van der Waals surface area contributed by atoms with E-state index >= 15 is 0 Å². The Balaban J connectivity index is 1.18. The Hall–Kier alpha value is -3.06. The fourth-order valence-corrected chi connectivity index (χ4v) is 4.75. The number of aromatic amines is 1. The maximum Gasteiger partial charge on any atom is 0.128 e. The van der Waals surface area contributed by atoms with E-state index in [1.54, 1.807) is 7.11 Å². The largest absolute Gasteiger partial charge is 0.497 e. The molecule has 0 bridgehead atoms. The van der Waals surface area contributed by atoms with Gasteiger partial charge >= 0.3 is 0 Å². The first-order valence-corrected chi connectivity index (χ1v) is 11.4. The van der Waals surface area contributed by atoms with Gasteiger partial charge in [-0.05, 0) is 65.6 Å². The SMILES string of the molecule is COc1ccc2ccc(C3(O)CCN(C[C@H](O)COc4cccc5[nH]ccc45)CC3)cc2c1. The molecule has 1 atom stereocenters. The lowest BCUT2D eigenvalue weighted by Crippen LogP contribution is -2.46. The predicted octanol–water partition coefficient (Wildman–Crippen LogP) is 4.05. The summed E-state index contributed by atoms with van der Waals surface area (Å²) >= 11 is 0. The minimum absolute atomic E-state index is 0.234. The number of aliphatic hydroxyl groups excluding tert-OH is 1. The molecule has 1 fully saturated rings. The maximum atomic E-state index is 11.4. The van der Waals surface area contributed by atoms with Crippen LogP contribution in [-0.4, -0.2) is 59.6 Å². The highest BCUT2D eigenvalue weighted by Crippen LogP contribution is 2.35. The van der Waals surface area contributed by atoms with Crippen LogP contribution in [0.15, 0.2) is 66.9 Å². The summed E-state index contributed by atoms with van der Waals surface area (Å²) in [4.78, 5) is 5.37. The summed E-state index contributed by atoms with van der Waals surface area (Å²) in [6, 6.07) is 20.0.